The molecule has 0 radical (unpaired) electrons. The van der Waals surface area contributed by atoms with Gasteiger partial charge in [-0.1, -0.05) is 11.6 Å². The Hall–Kier alpha value is -1.70. The van der Waals surface area contributed by atoms with Gasteiger partial charge in [-0.15, -0.1) is 0 Å². The minimum absolute atomic E-state index is 0.00954. The lowest BCUT2D eigenvalue weighted by Gasteiger charge is -2.38. The predicted molar refractivity (Wildman–Crippen MR) is 91.0 cm³/mol. The molecule has 0 saturated carbocycles. The molecule has 1 aromatic rings. The normalized spacial score (nSPS) is 20.4. The van der Waals surface area contributed by atoms with Crippen molar-refractivity contribution in [3.05, 3.63) is 34.1 Å². The summed E-state index contributed by atoms with van der Waals surface area (Å²) in [6, 6.07) is 2.53. The number of carbonyl (C=O) groups excluding carboxylic acids is 2. The van der Waals surface area contributed by atoms with Crippen molar-refractivity contribution >= 4 is 23.4 Å². The van der Waals surface area contributed by atoms with E-state index in [1.807, 2.05) is 0 Å². The molecule has 0 aliphatic carbocycles. The molecule has 2 fully saturated rings. The molecule has 0 spiro atoms. The number of nitrogens with one attached hydrogen (secondary N) is 2. The molecule has 2 heterocycles. The first-order valence-corrected chi connectivity index (χ1v) is 8.68. The number of rotatable bonds is 5. The number of hydrogen-bond acceptors (Lipinski definition) is 4. The van der Waals surface area contributed by atoms with E-state index in [0.717, 1.165) is 19.4 Å². The molecule has 0 aromatic heterocycles. The van der Waals surface area contributed by atoms with E-state index in [0.29, 0.717) is 18.7 Å². The van der Waals surface area contributed by atoms with Gasteiger partial charge in [0.25, 0.3) is 5.91 Å². The minimum atomic E-state index is -0.615. The lowest BCUT2D eigenvalue weighted by Crippen LogP contribution is -2.54. The molecule has 3 rings (SSSR count). The van der Waals surface area contributed by atoms with E-state index in [4.69, 9.17) is 16.3 Å². The second-order valence-corrected chi connectivity index (χ2v) is 6.77. The zero-order valence-corrected chi connectivity index (χ0v) is 14.7. The van der Waals surface area contributed by atoms with E-state index in [1.54, 1.807) is 12.0 Å². The van der Waals surface area contributed by atoms with Crippen LogP contribution < -0.4 is 10.6 Å². The van der Waals surface area contributed by atoms with Crippen molar-refractivity contribution in [3.63, 3.8) is 0 Å². The molecule has 8 heteroatoms. The number of carbonyl (C=O) groups is 2. The number of hydrogen-bond donors (Lipinski definition) is 2. The molecule has 2 saturated heterocycles. The van der Waals surface area contributed by atoms with Gasteiger partial charge in [-0.3, -0.25) is 9.59 Å². The van der Waals surface area contributed by atoms with Crippen LogP contribution in [0, 0.1) is 5.82 Å². The van der Waals surface area contributed by atoms with Gasteiger partial charge in [0.2, 0.25) is 5.91 Å². The van der Waals surface area contributed by atoms with E-state index in [2.05, 4.69) is 10.6 Å². The molecule has 0 unspecified atom stereocenters. The van der Waals surface area contributed by atoms with Crippen LogP contribution in [0.3, 0.4) is 0 Å². The highest BCUT2D eigenvalue weighted by Gasteiger charge is 2.31. The topological polar surface area (TPSA) is 70.7 Å². The molecule has 0 bridgehead atoms. The highest BCUT2D eigenvalue weighted by Crippen LogP contribution is 2.24. The van der Waals surface area contributed by atoms with E-state index in [1.165, 1.54) is 12.1 Å². The first kappa shape index (κ1) is 18.1. The fourth-order valence-corrected chi connectivity index (χ4v) is 3.29. The standard InChI is InChI=1S/C17H21ClFN3O3/c1-25-12-8-22(9-12)17(24)10-5-11(15(19)13(18)6-10)7-21-16(23)14-3-2-4-20-14/h5-6,12,14,20H,2-4,7-9H2,1H3,(H,21,23)/t14-/m0/s1. The molecular formula is C17H21ClFN3O3. The van der Waals surface area contributed by atoms with Gasteiger partial charge in [-0.2, -0.15) is 0 Å². The summed E-state index contributed by atoms with van der Waals surface area (Å²) in [5.74, 6) is -1.01. The van der Waals surface area contributed by atoms with Gasteiger partial charge in [-0.25, -0.2) is 4.39 Å². The smallest absolute Gasteiger partial charge is 0.254 e. The molecule has 6 nitrogen and oxygen atoms in total. The van der Waals surface area contributed by atoms with E-state index in [9.17, 15) is 14.0 Å². The molecule has 1 atom stereocenters. The van der Waals surface area contributed by atoms with Crippen LogP contribution in [-0.2, 0) is 16.1 Å². The number of methoxy groups -OCH3 is 1. The number of benzene rings is 1. The van der Waals surface area contributed by atoms with Crippen molar-refractivity contribution in [1.29, 1.82) is 0 Å². The first-order valence-electron chi connectivity index (χ1n) is 8.30. The molecule has 2 amide bonds. The molecule has 25 heavy (non-hydrogen) atoms. The van der Waals surface area contributed by atoms with Crippen molar-refractivity contribution in [1.82, 2.24) is 15.5 Å². The molecule has 2 N–H and O–H groups in total. The van der Waals surface area contributed by atoms with Crippen LogP contribution >= 0.6 is 11.6 Å². The number of likely N-dealkylation sites (tertiary alicyclic amines) is 1. The van der Waals surface area contributed by atoms with Gasteiger partial charge in [0.05, 0.1) is 17.2 Å². The molecule has 2 aliphatic rings. The van der Waals surface area contributed by atoms with Gasteiger partial charge >= 0.3 is 0 Å². The van der Waals surface area contributed by atoms with Crippen molar-refractivity contribution in [2.45, 2.75) is 31.5 Å². The quantitative estimate of drug-likeness (QED) is 0.821. The molecular weight excluding hydrogens is 349 g/mol. The number of ether oxygens (including phenoxy) is 1. The Bertz CT molecular complexity index is 673. The largest absolute Gasteiger partial charge is 0.378 e. The van der Waals surface area contributed by atoms with Crippen LogP contribution in [0.5, 0.6) is 0 Å². The monoisotopic (exact) mass is 369 g/mol. The summed E-state index contributed by atoms with van der Waals surface area (Å²) < 4.78 is 19.4. The van der Waals surface area contributed by atoms with Crippen LogP contribution in [0.4, 0.5) is 4.39 Å². The van der Waals surface area contributed by atoms with Crippen molar-refractivity contribution < 1.29 is 18.7 Å². The van der Waals surface area contributed by atoms with Crippen LogP contribution in [-0.4, -0.2) is 55.6 Å². The van der Waals surface area contributed by atoms with Crippen LogP contribution in [0.25, 0.3) is 0 Å². The van der Waals surface area contributed by atoms with Crippen LogP contribution in [0.15, 0.2) is 12.1 Å². The number of halogens is 2. The summed E-state index contributed by atoms with van der Waals surface area (Å²) in [7, 11) is 1.60. The average molecular weight is 370 g/mol. The lowest BCUT2D eigenvalue weighted by molar-refractivity contribution is -0.122. The van der Waals surface area contributed by atoms with E-state index < -0.39 is 5.82 Å². The van der Waals surface area contributed by atoms with E-state index >= 15 is 0 Å². The average Bonchev–Trinajstić information content (AvgIpc) is 3.09. The van der Waals surface area contributed by atoms with Gasteiger partial charge in [-0.05, 0) is 31.5 Å². The summed E-state index contributed by atoms with van der Waals surface area (Å²) in [6.07, 6.45) is 1.75. The summed E-state index contributed by atoms with van der Waals surface area (Å²) in [5, 5.41) is 5.66. The zero-order valence-electron chi connectivity index (χ0n) is 14.0. The molecule has 2 aliphatic heterocycles. The fraction of sp³-hybridized carbons (Fsp3) is 0.529. The maximum Gasteiger partial charge on any atom is 0.254 e. The second kappa shape index (κ2) is 7.68. The highest BCUT2D eigenvalue weighted by molar-refractivity contribution is 6.31. The van der Waals surface area contributed by atoms with Gasteiger partial charge in [0, 0.05) is 37.9 Å². The Kier molecular flexibility index (Phi) is 5.56. The fourth-order valence-electron chi connectivity index (χ4n) is 3.05. The maximum absolute atomic E-state index is 14.2. The Labute approximate surface area is 150 Å². The highest BCUT2D eigenvalue weighted by atomic mass is 35.5. The third-order valence-corrected chi connectivity index (χ3v) is 4.92. The molecule has 1 aromatic carbocycles. The molecule has 136 valence electrons. The third kappa shape index (κ3) is 3.94. The van der Waals surface area contributed by atoms with Gasteiger partial charge in [0.15, 0.2) is 0 Å². The second-order valence-electron chi connectivity index (χ2n) is 6.37. The predicted octanol–water partition coefficient (Wildman–Crippen LogP) is 1.32. The Morgan fingerprint density at radius 3 is 2.84 bits per heavy atom. The summed E-state index contributed by atoms with van der Waals surface area (Å²) >= 11 is 5.93. The van der Waals surface area contributed by atoms with Crippen LogP contribution in [0.2, 0.25) is 5.02 Å². The summed E-state index contributed by atoms with van der Waals surface area (Å²) in [5.41, 5.74) is 0.509. The Balaban J connectivity index is 1.67. The summed E-state index contributed by atoms with van der Waals surface area (Å²) in [6.45, 7) is 1.80. The van der Waals surface area contributed by atoms with E-state index in [-0.39, 0.29) is 41.1 Å². The zero-order chi connectivity index (χ0) is 18.0. The Morgan fingerprint density at radius 2 is 2.20 bits per heavy atom. The summed E-state index contributed by atoms with van der Waals surface area (Å²) in [4.78, 5) is 26.1. The number of nitrogens with zero attached hydrogens (tertiary/aromatic N) is 1. The van der Waals surface area contributed by atoms with Crippen molar-refractivity contribution in [2.24, 2.45) is 0 Å². The Morgan fingerprint density at radius 1 is 1.44 bits per heavy atom. The number of amides is 2. The van der Waals surface area contributed by atoms with Gasteiger partial charge in [0.1, 0.15) is 5.82 Å². The van der Waals surface area contributed by atoms with Crippen LogP contribution in [0.1, 0.15) is 28.8 Å². The lowest BCUT2D eigenvalue weighted by atomic mass is 10.1. The van der Waals surface area contributed by atoms with Gasteiger partial charge < -0.3 is 20.3 Å². The first-order chi connectivity index (χ1) is 12.0. The van der Waals surface area contributed by atoms with Crippen molar-refractivity contribution in [2.75, 3.05) is 26.7 Å². The minimum Gasteiger partial charge on any atom is -0.378 e. The SMILES string of the molecule is COC1CN(C(=O)c2cc(Cl)c(F)c(CNC(=O)[C@@H]3CCCN3)c2)C1. The maximum atomic E-state index is 14.2. The van der Waals surface area contributed by atoms with Crippen molar-refractivity contribution in [3.8, 4) is 0 Å². The third-order valence-electron chi connectivity index (χ3n) is 4.65.